The number of anilines is 1. The molecule has 3 heteroatoms. The molecule has 1 saturated heterocycles. The molecule has 1 aliphatic heterocycles. The monoisotopic (exact) mass is 379 g/mol. The van der Waals surface area contributed by atoms with Crippen molar-refractivity contribution in [1.82, 2.24) is 4.90 Å². The maximum absolute atomic E-state index is 6.88. The molecule has 2 aromatic carbocycles. The molecule has 3 rings (SSSR count). The largest absolute Gasteiger partial charge is 0.399 e. The molecule has 1 unspecified atom stereocenters. The molecule has 0 spiro atoms. The van der Waals surface area contributed by atoms with Gasteiger partial charge in [-0.1, -0.05) is 69.2 Å². The third-order valence-electron chi connectivity index (χ3n) is 6.61. The predicted molar refractivity (Wildman–Crippen MR) is 120 cm³/mol. The summed E-state index contributed by atoms with van der Waals surface area (Å²) < 4.78 is 0. The first-order valence-corrected chi connectivity index (χ1v) is 10.9. The van der Waals surface area contributed by atoms with Gasteiger partial charge in [-0.05, 0) is 67.4 Å². The van der Waals surface area contributed by atoms with Crippen LogP contribution >= 0.6 is 0 Å². The Kier molecular flexibility index (Phi) is 7.14. The van der Waals surface area contributed by atoms with Crippen molar-refractivity contribution < 1.29 is 0 Å². The first kappa shape index (κ1) is 20.9. The molecule has 1 heterocycles. The molecule has 0 amide bonds. The van der Waals surface area contributed by atoms with E-state index in [1.54, 1.807) is 0 Å². The van der Waals surface area contributed by atoms with E-state index in [0.29, 0.717) is 5.92 Å². The van der Waals surface area contributed by atoms with Gasteiger partial charge in [-0.15, -0.1) is 0 Å². The van der Waals surface area contributed by atoms with Crippen LogP contribution in [0.2, 0.25) is 0 Å². The van der Waals surface area contributed by atoms with Crippen molar-refractivity contribution in [3.05, 3.63) is 65.7 Å². The zero-order chi connectivity index (χ0) is 20.0. The molecule has 1 atom stereocenters. The van der Waals surface area contributed by atoms with E-state index >= 15 is 0 Å². The van der Waals surface area contributed by atoms with Gasteiger partial charge in [0.05, 0.1) is 0 Å². The van der Waals surface area contributed by atoms with Crippen LogP contribution in [0.3, 0.4) is 0 Å². The topological polar surface area (TPSA) is 55.3 Å². The van der Waals surface area contributed by atoms with Crippen LogP contribution in [0.1, 0.15) is 57.1 Å². The summed E-state index contributed by atoms with van der Waals surface area (Å²) in [4.78, 5) is 2.57. The summed E-state index contributed by atoms with van der Waals surface area (Å²) in [6.45, 7) is 7.90. The fourth-order valence-corrected chi connectivity index (χ4v) is 4.58. The van der Waals surface area contributed by atoms with E-state index in [4.69, 9.17) is 11.5 Å². The fraction of sp³-hybridized carbons (Fsp3) is 0.520. The van der Waals surface area contributed by atoms with Crippen molar-refractivity contribution in [2.45, 2.75) is 58.0 Å². The second kappa shape index (κ2) is 9.58. The molecule has 0 bridgehead atoms. The van der Waals surface area contributed by atoms with Crippen molar-refractivity contribution in [3.8, 4) is 0 Å². The number of nitrogens with two attached hydrogens (primary N) is 2. The van der Waals surface area contributed by atoms with Gasteiger partial charge in [0.1, 0.15) is 0 Å². The SMILES string of the molecule is CC(C)C(N)(CCCC1CCN(Cc2cccc(N)c2)CC1)c1ccccc1. The van der Waals surface area contributed by atoms with Crippen LogP contribution < -0.4 is 11.5 Å². The lowest BCUT2D eigenvalue weighted by atomic mass is 9.76. The number of hydrogen-bond acceptors (Lipinski definition) is 3. The summed E-state index contributed by atoms with van der Waals surface area (Å²) in [5.74, 6) is 1.28. The number of nitrogens with zero attached hydrogens (tertiary/aromatic N) is 1. The minimum Gasteiger partial charge on any atom is -0.399 e. The Morgan fingerprint density at radius 1 is 1.04 bits per heavy atom. The second-order valence-corrected chi connectivity index (χ2v) is 8.92. The summed E-state index contributed by atoms with van der Waals surface area (Å²) in [7, 11) is 0. The van der Waals surface area contributed by atoms with Crippen LogP contribution in [0.25, 0.3) is 0 Å². The van der Waals surface area contributed by atoms with Gasteiger partial charge in [-0.25, -0.2) is 0 Å². The molecule has 0 aromatic heterocycles. The van der Waals surface area contributed by atoms with E-state index in [-0.39, 0.29) is 5.54 Å². The molecule has 3 nitrogen and oxygen atoms in total. The Morgan fingerprint density at radius 3 is 2.39 bits per heavy atom. The van der Waals surface area contributed by atoms with Gasteiger partial charge in [-0.2, -0.15) is 0 Å². The Bertz CT molecular complexity index is 720. The molecule has 0 aliphatic carbocycles. The minimum atomic E-state index is -0.213. The molecule has 0 saturated carbocycles. The van der Waals surface area contributed by atoms with Gasteiger partial charge >= 0.3 is 0 Å². The maximum atomic E-state index is 6.88. The van der Waals surface area contributed by atoms with E-state index in [9.17, 15) is 0 Å². The Hall–Kier alpha value is -1.84. The molecule has 1 fully saturated rings. The van der Waals surface area contributed by atoms with Crippen LogP contribution in [0, 0.1) is 11.8 Å². The van der Waals surface area contributed by atoms with Crippen LogP contribution in [-0.4, -0.2) is 18.0 Å². The summed E-state index contributed by atoms with van der Waals surface area (Å²) in [5.41, 5.74) is 16.0. The lowest BCUT2D eigenvalue weighted by molar-refractivity contribution is 0.166. The number of benzene rings is 2. The maximum Gasteiger partial charge on any atom is 0.0432 e. The van der Waals surface area contributed by atoms with Gasteiger partial charge in [0, 0.05) is 17.8 Å². The lowest BCUT2D eigenvalue weighted by Gasteiger charge is -2.36. The predicted octanol–water partition coefficient (Wildman–Crippen LogP) is 5.16. The third-order valence-corrected chi connectivity index (χ3v) is 6.61. The highest BCUT2D eigenvalue weighted by molar-refractivity contribution is 5.40. The third kappa shape index (κ3) is 5.36. The molecule has 0 radical (unpaired) electrons. The number of rotatable bonds is 8. The summed E-state index contributed by atoms with van der Waals surface area (Å²) in [6, 6.07) is 19.0. The molecule has 2 aromatic rings. The Morgan fingerprint density at radius 2 is 1.75 bits per heavy atom. The number of piperidine rings is 1. The van der Waals surface area contributed by atoms with E-state index in [0.717, 1.165) is 24.6 Å². The van der Waals surface area contributed by atoms with Crippen LogP contribution in [0.15, 0.2) is 54.6 Å². The van der Waals surface area contributed by atoms with Crippen molar-refractivity contribution in [2.24, 2.45) is 17.6 Å². The van der Waals surface area contributed by atoms with Gasteiger partial charge in [-0.3, -0.25) is 4.90 Å². The molecular weight excluding hydrogens is 342 g/mol. The highest BCUT2D eigenvalue weighted by Gasteiger charge is 2.31. The number of hydrogen-bond donors (Lipinski definition) is 2. The quantitative estimate of drug-likeness (QED) is 0.623. The minimum absolute atomic E-state index is 0.213. The first-order chi connectivity index (χ1) is 13.5. The zero-order valence-electron chi connectivity index (χ0n) is 17.6. The molecular formula is C25H37N3. The van der Waals surface area contributed by atoms with Crippen molar-refractivity contribution >= 4 is 5.69 Å². The van der Waals surface area contributed by atoms with Gasteiger partial charge in [0.25, 0.3) is 0 Å². The summed E-state index contributed by atoms with van der Waals surface area (Å²) >= 11 is 0. The van der Waals surface area contributed by atoms with E-state index < -0.39 is 0 Å². The van der Waals surface area contributed by atoms with Crippen molar-refractivity contribution in [2.75, 3.05) is 18.8 Å². The lowest BCUT2D eigenvalue weighted by Crippen LogP contribution is -2.42. The average molecular weight is 380 g/mol. The van der Waals surface area contributed by atoms with E-state index in [1.165, 1.54) is 49.9 Å². The first-order valence-electron chi connectivity index (χ1n) is 10.9. The van der Waals surface area contributed by atoms with E-state index in [2.05, 4.69) is 67.3 Å². The highest BCUT2D eigenvalue weighted by Crippen LogP contribution is 2.34. The van der Waals surface area contributed by atoms with Crippen LogP contribution in [-0.2, 0) is 12.1 Å². The second-order valence-electron chi connectivity index (χ2n) is 8.92. The Balaban J connectivity index is 1.45. The fourth-order valence-electron chi connectivity index (χ4n) is 4.58. The number of nitrogen functional groups attached to an aromatic ring is 1. The van der Waals surface area contributed by atoms with Crippen LogP contribution in [0.4, 0.5) is 5.69 Å². The molecule has 152 valence electrons. The molecule has 1 aliphatic rings. The zero-order valence-corrected chi connectivity index (χ0v) is 17.6. The van der Waals surface area contributed by atoms with Crippen LogP contribution in [0.5, 0.6) is 0 Å². The summed E-state index contributed by atoms with van der Waals surface area (Å²) in [6.07, 6.45) is 6.17. The van der Waals surface area contributed by atoms with Crippen molar-refractivity contribution in [1.29, 1.82) is 0 Å². The van der Waals surface area contributed by atoms with Gasteiger partial charge in [0.15, 0.2) is 0 Å². The highest BCUT2D eigenvalue weighted by atomic mass is 15.1. The number of likely N-dealkylation sites (tertiary alicyclic amines) is 1. The van der Waals surface area contributed by atoms with E-state index in [1.807, 2.05) is 6.07 Å². The summed E-state index contributed by atoms with van der Waals surface area (Å²) in [5, 5.41) is 0. The van der Waals surface area contributed by atoms with Crippen molar-refractivity contribution in [3.63, 3.8) is 0 Å². The van der Waals surface area contributed by atoms with Gasteiger partial charge < -0.3 is 11.5 Å². The molecule has 4 N–H and O–H groups in total. The van der Waals surface area contributed by atoms with Gasteiger partial charge in [0.2, 0.25) is 0 Å². The average Bonchev–Trinajstić information content (AvgIpc) is 2.70. The normalized spacial score (nSPS) is 18.3. The standard InChI is InChI=1S/C25H37N3/c1-20(2)25(27,23-10-4-3-5-11-23)15-7-9-21-13-16-28(17-14-21)19-22-8-6-12-24(26)18-22/h3-6,8,10-12,18,20-21H,7,9,13-17,19,26-27H2,1-2H3. The molecule has 28 heavy (non-hydrogen) atoms. The smallest absolute Gasteiger partial charge is 0.0432 e. The Labute approximate surface area is 171 Å².